The Labute approximate surface area is 148 Å². The summed E-state index contributed by atoms with van der Waals surface area (Å²) >= 11 is 0. The van der Waals surface area contributed by atoms with Crippen LogP contribution in [0.4, 0.5) is 0 Å². The Kier molecular flexibility index (Phi) is 16.0. The second kappa shape index (κ2) is 16.8. The van der Waals surface area contributed by atoms with E-state index in [2.05, 4.69) is 20.8 Å². The van der Waals surface area contributed by atoms with Crippen molar-refractivity contribution in [1.82, 2.24) is 0 Å². The Morgan fingerprint density at radius 3 is 1.75 bits per heavy atom. The Hall–Kier alpha value is -1.06. The highest BCUT2D eigenvalue weighted by Gasteiger charge is 2.06. The van der Waals surface area contributed by atoms with Gasteiger partial charge < -0.3 is 9.47 Å². The van der Waals surface area contributed by atoms with Crippen LogP contribution < -0.4 is 0 Å². The third kappa shape index (κ3) is 17.3. The molecule has 0 rings (SSSR count). The molecule has 0 heterocycles. The molecule has 142 valence electrons. The predicted octanol–water partition coefficient (Wildman–Crippen LogP) is 5.43. The maximum absolute atomic E-state index is 11.6. The molecule has 0 spiro atoms. The largest absolute Gasteiger partial charge is 0.466 e. The molecule has 0 saturated heterocycles. The van der Waals surface area contributed by atoms with Crippen molar-refractivity contribution in [1.29, 1.82) is 0 Å². The quantitative estimate of drug-likeness (QED) is 0.277. The van der Waals surface area contributed by atoms with Gasteiger partial charge in [-0.3, -0.25) is 9.59 Å². The molecule has 0 amide bonds. The van der Waals surface area contributed by atoms with Crippen LogP contribution in [0.25, 0.3) is 0 Å². The zero-order valence-electron chi connectivity index (χ0n) is 16.1. The van der Waals surface area contributed by atoms with Gasteiger partial charge in [-0.05, 0) is 31.6 Å². The SMILES string of the molecule is CCCCCCCCCOC(=O)CCCCC(=O)OCCC(C)C. The van der Waals surface area contributed by atoms with Crippen LogP contribution in [-0.2, 0) is 19.1 Å². The number of ether oxygens (including phenoxy) is 2. The first-order valence-corrected chi connectivity index (χ1v) is 9.87. The average molecular weight is 343 g/mol. The summed E-state index contributed by atoms with van der Waals surface area (Å²) in [5.41, 5.74) is 0. The van der Waals surface area contributed by atoms with Crippen LogP contribution in [0, 0.1) is 5.92 Å². The third-order valence-electron chi connectivity index (χ3n) is 3.98. The maximum Gasteiger partial charge on any atom is 0.305 e. The fourth-order valence-corrected chi connectivity index (χ4v) is 2.34. The van der Waals surface area contributed by atoms with Crippen LogP contribution in [-0.4, -0.2) is 25.2 Å². The molecule has 0 aliphatic carbocycles. The molecular formula is C20H38O4. The Morgan fingerprint density at radius 1 is 0.708 bits per heavy atom. The van der Waals surface area contributed by atoms with Gasteiger partial charge in [0.05, 0.1) is 13.2 Å². The van der Waals surface area contributed by atoms with Crippen LogP contribution >= 0.6 is 0 Å². The zero-order valence-corrected chi connectivity index (χ0v) is 16.1. The van der Waals surface area contributed by atoms with Gasteiger partial charge in [-0.15, -0.1) is 0 Å². The number of esters is 2. The van der Waals surface area contributed by atoms with Crippen LogP contribution in [0.5, 0.6) is 0 Å². The van der Waals surface area contributed by atoms with E-state index in [4.69, 9.17) is 9.47 Å². The van der Waals surface area contributed by atoms with E-state index < -0.39 is 0 Å². The lowest BCUT2D eigenvalue weighted by atomic mass is 10.1. The van der Waals surface area contributed by atoms with Crippen molar-refractivity contribution >= 4 is 11.9 Å². The predicted molar refractivity (Wildman–Crippen MR) is 97.8 cm³/mol. The molecule has 4 nitrogen and oxygen atoms in total. The highest BCUT2D eigenvalue weighted by atomic mass is 16.5. The second-order valence-electron chi connectivity index (χ2n) is 6.95. The molecule has 0 radical (unpaired) electrons. The molecule has 0 aliphatic heterocycles. The van der Waals surface area contributed by atoms with Gasteiger partial charge in [0.1, 0.15) is 0 Å². The van der Waals surface area contributed by atoms with Crippen molar-refractivity contribution in [2.75, 3.05) is 13.2 Å². The first-order valence-electron chi connectivity index (χ1n) is 9.87. The monoisotopic (exact) mass is 342 g/mol. The van der Waals surface area contributed by atoms with E-state index in [1.54, 1.807) is 0 Å². The van der Waals surface area contributed by atoms with E-state index in [0.29, 0.717) is 44.8 Å². The summed E-state index contributed by atoms with van der Waals surface area (Å²) in [5.74, 6) is 0.241. The van der Waals surface area contributed by atoms with Crippen molar-refractivity contribution in [2.45, 2.75) is 97.8 Å². The lowest BCUT2D eigenvalue weighted by molar-refractivity contribution is -0.146. The highest BCUT2D eigenvalue weighted by molar-refractivity contribution is 5.70. The topological polar surface area (TPSA) is 52.6 Å². The van der Waals surface area contributed by atoms with E-state index in [0.717, 1.165) is 19.3 Å². The fraction of sp³-hybridized carbons (Fsp3) is 0.900. The van der Waals surface area contributed by atoms with Gasteiger partial charge in [0, 0.05) is 12.8 Å². The minimum Gasteiger partial charge on any atom is -0.466 e. The molecule has 0 unspecified atom stereocenters. The molecule has 0 atom stereocenters. The van der Waals surface area contributed by atoms with Gasteiger partial charge >= 0.3 is 11.9 Å². The number of unbranched alkanes of at least 4 members (excludes halogenated alkanes) is 7. The Morgan fingerprint density at radius 2 is 1.21 bits per heavy atom. The van der Waals surface area contributed by atoms with E-state index in [1.807, 2.05) is 0 Å². The molecule has 4 heteroatoms. The lowest BCUT2D eigenvalue weighted by Crippen LogP contribution is -2.08. The zero-order chi connectivity index (χ0) is 18.0. The maximum atomic E-state index is 11.6. The van der Waals surface area contributed by atoms with Crippen molar-refractivity contribution in [3.8, 4) is 0 Å². The van der Waals surface area contributed by atoms with Crippen LogP contribution in [0.1, 0.15) is 97.8 Å². The number of carbonyl (C=O) groups excluding carboxylic acids is 2. The molecular weight excluding hydrogens is 304 g/mol. The van der Waals surface area contributed by atoms with Crippen LogP contribution in [0.15, 0.2) is 0 Å². The van der Waals surface area contributed by atoms with E-state index in [-0.39, 0.29) is 11.9 Å². The van der Waals surface area contributed by atoms with Gasteiger partial charge in [-0.1, -0.05) is 59.3 Å². The molecule has 24 heavy (non-hydrogen) atoms. The number of hydrogen-bond acceptors (Lipinski definition) is 4. The van der Waals surface area contributed by atoms with Crippen LogP contribution in [0.2, 0.25) is 0 Å². The van der Waals surface area contributed by atoms with Crippen molar-refractivity contribution in [2.24, 2.45) is 5.92 Å². The van der Waals surface area contributed by atoms with Gasteiger partial charge in [-0.25, -0.2) is 0 Å². The number of hydrogen-bond donors (Lipinski definition) is 0. The Bertz CT molecular complexity index is 313. The minimum absolute atomic E-state index is 0.144. The standard InChI is InChI=1S/C20H38O4/c1-4-5-6-7-8-9-12-16-23-19(21)13-10-11-14-20(22)24-17-15-18(2)3/h18H,4-17H2,1-3H3. The van der Waals surface area contributed by atoms with E-state index in [1.165, 1.54) is 32.1 Å². The lowest BCUT2D eigenvalue weighted by Gasteiger charge is -2.07. The molecule has 0 aliphatic rings. The second-order valence-corrected chi connectivity index (χ2v) is 6.95. The fourth-order valence-electron chi connectivity index (χ4n) is 2.34. The van der Waals surface area contributed by atoms with Crippen molar-refractivity contribution < 1.29 is 19.1 Å². The highest BCUT2D eigenvalue weighted by Crippen LogP contribution is 2.08. The Balaban J connectivity index is 3.33. The summed E-state index contributed by atoms with van der Waals surface area (Å²) in [4.78, 5) is 23.0. The normalized spacial score (nSPS) is 10.8. The molecule has 0 aromatic carbocycles. The summed E-state index contributed by atoms with van der Waals surface area (Å²) in [7, 11) is 0. The smallest absolute Gasteiger partial charge is 0.305 e. The van der Waals surface area contributed by atoms with Crippen molar-refractivity contribution in [3.05, 3.63) is 0 Å². The van der Waals surface area contributed by atoms with E-state index >= 15 is 0 Å². The summed E-state index contributed by atoms with van der Waals surface area (Å²) < 4.78 is 10.3. The summed E-state index contributed by atoms with van der Waals surface area (Å²) in [5, 5.41) is 0. The summed E-state index contributed by atoms with van der Waals surface area (Å²) in [6.45, 7) is 7.45. The minimum atomic E-state index is -0.160. The van der Waals surface area contributed by atoms with Gasteiger partial charge in [0.2, 0.25) is 0 Å². The first kappa shape index (κ1) is 22.9. The molecule has 0 aromatic heterocycles. The molecule has 0 fully saturated rings. The molecule has 0 saturated carbocycles. The first-order chi connectivity index (χ1) is 11.6. The van der Waals surface area contributed by atoms with E-state index in [9.17, 15) is 9.59 Å². The van der Waals surface area contributed by atoms with Gasteiger partial charge in [0.25, 0.3) is 0 Å². The van der Waals surface area contributed by atoms with Gasteiger partial charge in [-0.2, -0.15) is 0 Å². The number of carbonyl (C=O) groups is 2. The third-order valence-corrected chi connectivity index (χ3v) is 3.98. The van der Waals surface area contributed by atoms with Gasteiger partial charge in [0.15, 0.2) is 0 Å². The molecule has 0 bridgehead atoms. The number of rotatable bonds is 16. The average Bonchev–Trinajstić information content (AvgIpc) is 2.53. The molecule has 0 aromatic rings. The molecule has 0 N–H and O–H groups in total. The summed E-state index contributed by atoms with van der Waals surface area (Å²) in [6, 6.07) is 0. The van der Waals surface area contributed by atoms with Crippen LogP contribution in [0.3, 0.4) is 0 Å². The summed E-state index contributed by atoms with van der Waals surface area (Å²) in [6.07, 6.45) is 11.6. The van der Waals surface area contributed by atoms with Crippen molar-refractivity contribution in [3.63, 3.8) is 0 Å².